The number of nitriles is 1. The molecule has 1 aromatic carbocycles. The van der Waals surface area contributed by atoms with Crippen LogP contribution in [-0.2, 0) is 0 Å². The number of hydrogen-bond acceptors (Lipinski definition) is 4. The molecule has 1 aliphatic heterocycles. The van der Waals surface area contributed by atoms with E-state index in [2.05, 4.69) is 40.0 Å². The van der Waals surface area contributed by atoms with Crippen molar-refractivity contribution in [3.05, 3.63) is 42.7 Å². The summed E-state index contributed by atoms with van der Waals surface area (Å²) in [4.78, 5) is 8.48. The molecule has 1 aromatic heterocycles. The molecule has 0 N–H and O–H groups in total. The van der Waals surface area contributed by atoms with Crippen LogP contribution in [0.4, 0.5) is 0 Å². The Morgan fingerprint density at radius 1 is 1.10 bits per heavy atom. The van der Waals surface area contributed by atoms with E-state index >= 15 is 0 Å². The van der Waals surface area contributed by atoms with Crippen LogP contribution in [-0.4, -0.2) is 54.6 Å². The molecule has 2 heterocycles. The van der Waals surface area contributed by atoms with Crippen molar-refractivity contribution < 1.29 is 0 Å². The molecule has 0 amide bonds. The highest BCUT2D eigenvalue weighted by atomic mass is 15.2. The van der Waals surface area contributed by atoms with Gasteiger partial charge in [-0.2, -0.15) is 5.26 Å². The molecule has 3 rings (SSSR count). The molecule has 1 fully saturated rings. The maximum absolute atomic E-state index is 8.38. The van der Waals surface area contributed by atoms with Crippen molar-refractivity contribution in [2.24, 2.45) is 0 Å². The van der Waals surface area contributed by atoms with Gasteiger partial charge in [-0.25, -0.2) is 0 Å². The molecular weight excluding hydrogens is 248 g/mol. The molecule has 4 heteroatoms. The number of benzene rings is 1. The van der Waals surface area contributed by atoms with E-state index in [1.165, 1.54) is 10.8 Å². The average molecular weight is 268 g/mol. The molecule has 1 aliphatic rings. The number of fused-ring (bicyclic) bond motifs is 1. The molecule has 1 saturated heterocycles. The first-order valence-corrected chi connectivity index (χ1v) is 6.86. The Morgan fingerprint density at radius 3 is 2.45 bits per heavy atom. The minimum atomic E-state index is 0.591. The van der Waals surface area contributed by atoms with Gasteiger partial charge in [-0.15, -0.1) is 0 Å². The number of rotatable bonds is 1. The highest BCUT2D eigenvalue weighted by molar-refractivity contribution is 5.80. The smallest absolute Gasteiger partial charge is 0.0866 e. The van der Waals surface area contributed by atoms with E-state index in [-0.39, 0.29) is 0 Å². The van der Waals surface area contributed by atoms with Gasteiger partial charge in [0.1, 0.15) is 0 Å². The van der Waals surface area contributed by atoms with Gasteiger partial charge >= 0.3 is 0 Å². The highest BCUT2D eigenvalue weighted by Gasteiger charge is 2.11. The monoisotopic (exact) mass is 268 g/mol. The minimum absolute atomic E-state index is 0.591. The maximum atomic E-state index is 8.38. The number of hydrogen-bond donors (Lipinski definition) is 0. The second-order valence-electron chi connectivity index (χ2n) is 4.96. The Bertz CT molecular complexity index is 502. The number of nitrogens with zero attached hydrogens (tertiary/aromatic N) is 4. The molecule has 0 bridgehead atoms. The quantitative estimate of drug-likeness (QED) is 0.742. The molecule has 0 spiro atoms. The predicted molar refractivity (Wildman–Crippen MR) is 81.3 cm³/mol. The highest BCUT2D eigenvalue weighted by Crippen LogP contribution is 2.09. The van der Waals surface area contributed by atoms with Gasteiger partial charge in [0, 0.05) is 38.6 Å². The van der Waals surface area contributed by atoms with E-state index in [1.54, 1.807) is 0 Å². The van der Waals surface area contributed by atoms with E-state index in [0.717, 1.165) is 26.2 Å². The van der Waals surface area contributed by atoms with Crippen LogP contribution < -0.4 is 0 Å². The molecule has 104 valence electrons. The Balaban J connectivity index is 0.000000147. The van der Waals surface area contributed by atoms with Crippen LogP contribution in [0.3, 0.4) is 0 Å². The fraction of sp³-hybridized carbons (Fsp3) is 0.375. The summed E-state index contributed by atoms with van der Waals surface area (Å²) in [7, 11) is 2.11. The van der Waals surface area contributed by atoms with Crippen LogP contribution in [0.15, 0.2) is 42.7 Å². The van der Waals surface area contributed by atoms with Crippen LogP contribution in [0, 0.1) is 11.3 Å². The first kappa shape index (κ1) is 14.4. The van der Waals surface area contributed by atoms with Gasteiger partial charge in [0.25, 0.3) is 0 Å². The third kappa shape index (κ3) is 4.30. The Kier molecular flexibility index (Phi) is 5.48. The number of likely N-dealkylation sites (N-methyl/N-ethyl adjacent to an activating group) is 1. The van der Waals surface area contributed by atoms with Crippen molar-refractivity contribution >= 4 is 10.8 Å². The summed E-state index contributed by atoms with van der Waals surface area (Å²) in [5.41, 5.74) is 0. The Hall–Kier alpha value is -1.96. The van der Waals surface area contributed by atoms with Crippen LogP contribution in [0.25, 0.3) is 10.8 Å². The molecule has 0 saturated carbocycles. The summed E-state index contributed by atoms with van der Waals surface area (Å²) >= 11 is 0. The van der Waals surface area contributed by atoms with E-state index in [1.807, 2.05) is 30.6 Å². The second-order valence-corrected chi connectivity index (χ2v) is 4.96. The van der Waals surface area contributed by atoms with Crippen molar-refractivity contribution in [3.8, 4) is 6.07 Å². The molecular formula is C16H20N4. The van der Waals surface area contributed by atoms with Gasteiger partial charge in [-0.3, -0.25) is 9.88 Å². The molecule has 0 aliphatic carbocycles. The van der Waals surface area contributed by atoms with Crippen molar-refractivity contribution in [1.82, 2.24) is 14.8 Å². The summed E-state index contributed by atoms with van der Waals surface area (Å²) in [6.45, 7) is 4.88. The van der Waals surface area contributed by atoms with Crippen LogP contribution in [0.1, 0.15) is 0 Å². The predicted octanol–water partition coefficient (Wildman–Crippen LogP) is 1.99. The van der Waals surface area contributed by atoms with Crippen LogP contribution in [0.2, 0.25) is 0 Å². The van der Waals surface area contributed by atoms with Crippen LogP contribution >= 0.6 is 0 Å². The lowest BCUT2D eigenvalue weighted by molar-refractivity contribution is 0.168. The zero-order valence-corrected chi connectivity index (χ0v) is 11.9. The van der Waals surface area contributed by atoms with Gasteiger partial charge in [0.05, 0.1) is 12.6 Å². The largest absolute Gasteiger partial charge is 0.304 e. The first-order chi connectivity index (χ1) is 9.79. The number of piperazine rings is 1. The number of aromatic nitrogens is 1. The van der Waals surface area contributed by atoms with Gasteiger partial charge in [0.2, 0.25) is 0 Å². The average Bonchev–Trinajstić information content (AvgIpc) is 2.51. The van der Waals surface area contributed by atoms with Crippen molar-refractivity contribution in [2.45, 2.75) is 0 Å². The van der Waals surface area contributed by atoms with E-state index in [4.69, 9.17) is 5.26 Å². The van der Waals surface area contributed by atoms with Crippen LogP contribution in [0.5, 0.6) is 0 Å². The molecule has 0 radical (unpaired) electrons. The topological polar surface area (TPSA) is 43.2 Å². The lowest BCUT2D eigenvalue weighted by atomic mass is 10.2. The van der Waals surface area contributed by atoms with E-state index in [0.29, 0.717) is 6.54 Å². The number of pyridine rings is 1. The van der Waals surface area contributed by atoms with E-state index in [9.17, 15) is 0 Å². The molecule has 0 unspecified atom stereocenters. The Morgan fingerprint density at radius 2 is 1.80 bits per heavy atom. The summed E-state index contributed by atoms with van der Waals surface area (Å²) < 4.78 is 0. The maximum Gasteiger partial charge on any atom is 0.0866 e. The summed E-state index contributed by atoms with van der Waals surface area (Å²) in [5, 5.41) is 10.8. The molecule has 2 aromatic rings. The second kappa shape index (κ2) is 7.59. The molecule has 20 heavy (non-hydrogen) atoms. The fourth-order valence-electron chi connectivity index (χ4n) is 2.13. The normalized spacial score (nSPS) is 16.2. The zero-order valence-electron chi connectivity index (χ0n) is 11.9. The van der Waals surface area contributed by atoms with Gasteiger partial charge in [-0.1, -0.05) is 24.3 Å². The standard InChI is InChI=1S/C9H7N.C7H13N3/c1-2-4-9-7-10-6-5-8(9)3-1;1-9-4-6-10(3-2-8)7-5-9/h1-7H;3-7H2,1H3. The summed E-state index contributed by atoms with van der Waals surface area (Å²) in [6, 6.07) is 12.4. The minimum Gasteiger partial charge on any atom is -0.304 e. The van der Waals surface area contributed by atoms with Gasteiger partial charge < -0.3 is 4.90 Å². The zero-order chi connectivity index (χ0) is 14.2. The SMILES string of the molecule is CN1CCN(CC#N)CC1.c1ccc2cnccc2c1. The lowest BCUT2D eigenvalue weighted by Crippen LogP contribution is -2.44. The Labute approximate surface area is 120 Å². The lowest BCUT2D eigenvalue weighted by Gasteiger charge is -2.30. The third-order valence-corrected chi connectivity index (χ3v) is 3.44. The summed E-state index contributed by atoms with van der Waals surface area (Å²) in [6.07, 6.45) is 3.68. The van der Waals surface area contributed by atoms with Gasteiger partial charge in [-0.05, 0) is 23.9 Å². The molecule has 4 nitrogen and oxygen atoms in total. The first-order valence-electron chi connectivity index (χ1n) is 6.86. The fourth-order valence-corrected chi connectivity index (χ4v) is 2.13. The van der Waals surface area contributed by atoms with Gasteiger partial charge in [0.15, 0.2) is 0 Å². The van der Waals surface area contributed by atoms with Crippen molar-refractivity contribution in [2.75, 3.05) is 39.8 Å². The third-order valence-electron chi connectivity index (χ3n) is 3.44. The van der Waals surface area contributed by atoms with Crippen molar-refractivity contribution in [3.63, 3.8) is 0 Å². The van der Waals surface area contributed by atoms with Crippen molar-refractivity contribution in [1.29, 1.82) is 5.26 Å². The molecule has 0 atom stereocenters. The summed E-state index contributed by atoms with van der Waals surface area (Å²) in [5.74, 6) is 0. The van der Waals surface area contributed by atoms with E-state index < -0.39 is 0 Å².